The Bertz CT molecular complexity index is 543. The quantitative estimate of drug-likeness (QED) is 0.902. The molecule has 20 heavy (non-hydrogen) atoms. The standard InChI is InChI=1S/C15H24N2O2S/c1-3-16-11-13-7-6-10-17(12-13)14-8-4-5-9-15(14)20(2,18)19/h4-5,8-9,13,16H,3,6-7,10-12H2,1-2H3. The topological polar surface area (TPSA) is 49.4 Å². The van der Waals surface area contributed by atoms with Crippen LogP contribution >= 0.6 is 0 Å². The van der Waals surface area contributed by atoms with Crippen molar-refractivity contribution in [3.8, 4) is 0 Å². The van der Waals surface area contributed by atoms with E-state index in [4.69, 9.17) is 0 Å². The largest absolute Gasteiger partial charge is 0.370 e. The van der Waals surface area contributed by atoms with Crippen LogP contribution in [-0.4, -0.2) is 40.9 Å². The maximum absolute atomic E-state index is 11.9. The van der Waals surface area contributed by atoms with E-state index in [2.05, 4.69) is 17.1 Å². The molecular formula is C15H24N2O2S. The van der Waals surface area contributed by atoms with Crippen molar-refractivity contribution >= 4 is 15.5 Å². The van der Waals surface area contributed by atoms with Crippen molar-refractivity contribution in [2.75, 3.05) is 37.3 Å². The summed E-state index contributed by atoms with van der Waals surface area (Å²) >= 11 is 0. The van der Waals surface area contributed by atoms with Crippen LogP contribution in [-0.2, 0) is 9.84 Å². The van der Waals surface area contributed by atoms with Gasteiger partial charge >= 0.3 is 0 Å². The molecule has 5 heteroatoms. The van der Waals surface area contributed by atoms with Gasteiger partial charge in [-0.25, -0.2) is 8.42 Å². The molecule has 0 radical (unpaired) electrons. The van der Waals surface area contributed by atoms with Gasteiger partial charge in [0.2, 0.25) is 0 Å². The van der Waals surface area contributed by atoms with Crippen LogP contribution in [0.1, 0.15) is 19.8 Å². The highest BCUT2D eigenvalue weighted by atomic mass is 32.2. The molecule has 4 nitrogen and oxygen atoms in total. The minimum atomic E-state index is -3.17. The number of hydrogen-bond donors (Lipinski definition) is 1. The van der Waals surface area contributed by atoms with Crippen LogP contribution in [0.4, 0.5) is 5.69 Å². The first kappa shape index (κ1) is 15.3. The molecule has 1 saturated heterocycles. The summed E-state index contributed by atoms with van der Waals surface area (Å²) in [4.78, 5) is 2.67. The average molecular weight is 296 g/mol. The highest BCUT2D eigenvalue weighted by Gasteiger charge is 2.23. The monoisotopic (exact) mass is 296 g/mol. The van der Waals surface area contributed by atoms with Gasteiger partial charge in [0.15, 0.2) is 9.84 Å². The van der Waals surface area contributed by atoms with Gasteiger partial charge in [0.05, 0.1) is 10.6 Å². The van der Waals surface area contributed by atoms with Gasteiger partial charge in [0.1, 0.15) is 0 Å². The second kappa shape index (κ2) is 6.59. The van der Waals surface area contributed by atoms with Gasteiger partial charge < -0.3 is 10.2 Å². The summed E-state index contributed by atoms with van der Waals surface area (Å²) in [6.45, 7) is 5.97. The number of benzene rings is 1. The lowest BCUT2D eigenvalue weighted by atomic mass is 9.97. The Morgan fingerprint density at radius 3 is 2.80 bits per heavy atom. The SMILES string of the molecule is CCNCC1CCCN(c2ccccc2S(C)(=O)=O)C1. The summed E-state index contributed by atoms with van der Waals surface area (Å²) < 4.78 is 23.8. The number of piperidine rings is 1. The molecule has 1 heterocycles. The fourth-order valence-electron chi connectivity index (χ4n) is 2.83. The zero-order chi connectivity index (χ0) is 14.6. The van der Waals surface area contributed by atoms with E-state index in [1.807, 2.05) is 12.1 Å². The Morgan fingerprint density at radius 2 is 2.10 bits per heavy atom. The van der Waals surface area contributed by atoms with Crippen LogP contribution in [0.15, 0.2) is 29.2 Å². The van der Waals surface area contributed by atoms with Gasteiger partial charge in [-0.05, 0) is 44.0 Å². The second-order valence-electron chi connectivity index (χ2n) is 5.50. The van der Waals surface area contributed by atoms with E-state index in [0.717, 1.165) is 38.3 Å². The van der Waals surface area contributed by atoms with E-state index in [0.29, 0.717) is 10.8 Å². The summed E-state index contributed by atoms with van der Waals surface area (Å²) in [5.74, 6) is 0.594. The number of para-hydroxylation sites is 1. The van der Waals surface area contributed by atoms with Gasteiger partial charge in [0, 0.05) is 19.3 Å². The number of nitrogens with zero attached hydrogens (tertiary/aromatic N) is 1. The number of hydrogen-bond acceptors (Lipinski definition) is 4. The van der Waals surface area contributed by atoms with E-state index in [1.165, 1.54) is 12.7 Å². The number of anilines is 1. The normalized spacial score (nSPS) is 20.1. The van der Waals surface area contributed by atoms with Crippen LogP contribution in [0.2, 0.25) is 0 Å². The third-order valence-corrected chi connectivity index (χ3v) is 4.95. The van der Waals surface area contributed by atoms with Crippen molar-refractivity contribution in [2.24, 2.45) is 5.92 Å². The number of rotatable bonds is 5. The highest BCUT2D eigenvalue weighted by Crippen LogP contribution is 2.29. The second-order valence-corrected chi connectivity index (χ2v) is 7.49. The van der Waals surface area contributed by atoms with E-state index >= 15 is 0 Å². The molecule has 0 aromatic heterocycles. The molecule has 1 fully saturated rings. The van der Waals surface area contributed by atoms with E-state index in [9.17, 15) is 8.42 Å². The summed E-state index contributed by atoms with van der Waals surface area (Å²) in [5, 5.41) is 3.39. The molecule has 0 aliphatic carbocycles. The lowest BCUT2D eigenvalue weighted by molar-refractivity contribution is 0.394. The zero-order valence-corrected chi connectivity index (χ0v) is 13.1. The van der Waals surface area contributed by atoms with Gasteiger partial charge in [-0.15, -0.1) is 0 Å². The van der Waals surface area contributed by atoms with Crippen LogP contribution in [0.3, 0.4) is 0 Å². The van der Waals surface area contributed by atoms with Crippen molar-refractivity contribution < 1.29 is 8.42 Å². The maximum atomic E-state index is 11.9. The van der Waals surface area contributed by atoms with Crippen LogP contribution < -0.4 is 10.2 Å². The molecular weight excluding hydrogens is 272 g/mol. The molecule has 1 N–H and O–H groups in total. The van der Waals surface area contributed by atoms with Crippen molar-refractivity contribution in [1.29, 1.82) is 0 Å². The van der Waals surface area contributed by atoms with Crippen molar-refractivity contribution in [2.45, 2.75) is 24.7 Å². The van der Waals surface area contributed by atoms with E-state index < -0.39 is 9.84 Å². The van der Waals surface area contributed by atoms with Crippen LogP contribution in [0.5, 0.6) is 0 Å². The van der Waals surface area contributed by atoms with Crippen LogP contribution in [0.25, 0.3) is 0 Å². The minimum Gasteiger partial charge on any atom is -0.370 e. The molecule has 0 bridgehead atoms. The lowest BCUT2D eigenvalue weighted by Crippen LogP contribution is -2.40. The third kappa shape index (κ3) is 3.73. The van der Waals surface area contributed by atoms with Crippen LogP contribution in [0, 0.1) is 5.92 Å². The van der Waals surface area contributed by atoms with E-state index in [-0.39, 0.29) is 0 Å². The van der Waals surface area contributed by atoms with Gasteiger partial charge in [-0.3, -0.25) is 0 Å². The van der Waals surface area contributed by atoms with Gasteiger partial charge in [-0.2, -0.15) is 0 Å². The predicted octanol–water partition coefficient (Wildman–Crippen LogP) is 1.92. The molecule has 1 atom stereocenters. The number of sulfone groups is 1. The maximum Gasteiger partial charge on any atom is 0.177 e. The summed E-state index contributed by atoms with van der Waals surface area (Å²) in [7, 11) is -3.17. The Balaban J connectivity index is 2.19. The molecule has 1 aliphatic heterocycles. The number of nitrogens with one attached hydrogen (secondary N) is 1. The first-order valence-corrected chi connectivity index (χ1v) is 9.16. The first-order valence-electron chi connectivity index (χ1n) is 7.27. The fraction of sp³-hybridized carbons (Fsp3) is 0.600. The van der Waals surface area contributed by atoms with Crippen molar-refractivity contribution in [3.63, 3.8) is 0 Å². The molecule has 0 spiro atoms. The minimum absolute atomic E-state index is 0.448. The Morgan fingerprint density at radius 1 is 1.35 bits per heavy atom. The average Bonchev–Trinajstić information content (AvgIpc) is 2.44. The molecule has 0 saturated carbocycles. The smallest absolute Gasteiger partial charge is 0.177 e. The third-order valence-electron chi connectivity index (χ3n) is 3.81. The van der Waals surface area contributed by atoms with E-state index in [1.54, 1.807) is 12.1 Å². The summed E-state index contributed by atoms with van der Waals surface area (Å²) in [6, 6.07) is 7.34. The molecule has 112 valence electrons. The van der Waals surface area contributed by atoms with Gasteiger partial charge in [-0.1, -0.05) is 19.1 Å². The molecule has 1 unspecified atom stereocenters. The highest BCUT2D eigenvalue weighted by molar-refractivity contribution is 7.90. The van der Waals surface area contributed by atoms with Crippen molar-refractivity contribution in [1.82, 2.24) is 5.32 Å². The molecule has 0 amide bonds. The lowest BCUT2D eigenvalue weighted by Gasteiger charge is -2.35. The van der Waals surface area contributed by atoms with Gasteiger partial charge in [0.25, 0.3) is 0 Å². The van der Waals surface area contributed by atoms with Crippen molar-refractivity contribution in [3.05, 3.63) is 24.3 Å². The molecule has 1 aromatic carbocycles. The zero-order valence-electron chi connectivity index (χ0n) is 12.3. The summed E-state index contributed by atoms with van der Waals surface area (Å²) in [5.41, 5.74) is 0.858. The first-order chi connectivity index (χ1) is 9.52. The Kier molecular flexibility index (Phi) is 5.05. The molecule has 2 rings (SSSR count). The Hall–Kier alpha value is -1.07. The Labute approximate surface area is 122 Å². The molecule has 1 aliphatic rings. The summed E-state index contributed by atoms with van der Waals surface area (Å²) in [6.07, 6.45) is 3.62. The fourth-order valence-corrected chi connectivity index (χ4v) is 3.73. The molecule has 1 aromatic rings. The predicted molar refractivity (Wildman–Crippen MR) is 83.0 cm³/mol.